The molecular weight excluding hydrogens is 298 g/mol. The molecule has 2 nitrogen and oxygen atoms in total. The minimum Gasteiger partial charge on any atom is -0.338 e. The summed E-state index contributed by atoms with van der Waals surface area (Å²) in [6.07, 6.45) is 7.07. The van der Waals surface area contributed by atoms with Gasteiger partial charge >= 0.3 is 0 Å². The van der Waals surface area contributed by atoms with E-state index in [0.717, 1.165) is 17.3 Å². The Labute approximate surface area is 116 Å². The van der Waals surface area contributed by atoms with Gasteiger partial charge in [-0.2, -0.15) is 0 Å². The molecule has 0 fully saturated rings. The number of rotatable bonds is 4. The topological polar surface area (TPSA) is 29.1 Å². The highest BCUT2D eigenvalue weighted by Crippen LogP contribution is 2.19. The fourth-order valence-electron chi connectivity index (χ4n) is 1.42. The van der Waals surface area contributed by atoms with Gasteiger partial charge in [0.1, 0.15) is 0 Å². The fraction of sp³-hybridized carbons (Fsp3) is 0.308. The molecule has 0 saturated heterocycles. The van der Waals surface area contributed by atoms with E-state index < -0.39 is 0 Å². The molecule has 0 aliphatic carbocycles. The second-order valence-corrected chi connectivity index (χ2v) is 5.04. The largest absolute Gasteiger partial charge is 0.338 e. The zero-order chi connectivity index (χ0) is 12.8. The fourth-order valence-corrected chi connectivity index (χ4v) is 2.27. The van der Waals surface area contributed by atoms with Crippen molar-refractivity contribution in [1.29, 1.82) is 0 Å². The van der Waals surface area contributed by atoms with Crippen LogP contribution >= 0.6 is 28.6 Å². The van der Waals surface area contributed by atoms with Crippen molar-refractivity contribution in [3.63, 3.8) is 0 Å². The first kappa shape index (κ1) is 14.1. The van der Waals surface area contributed by atoms with Gasteiger partial charge in [-0.25, -0.2) is 0 Å². The van der Waals surface area contributed by atoms with Crippen molar-refractivity contribution in [3.05, 3.63) is 28.2 Å². The number of benzene rings is 1. The summed E-state index contributed by atoms with van der Waals surface area (Å²) in [7, 11) is 0. The Morgan fingerprint density at radius 2 is 2.35 bits per heavy atom. The molecule has 17 heavy (non-hydrogen) atoms. The number of hydrogen-bond donors (Lipinski definition) is 2. The van der Waals surface area contributed by atoms with Crippen molar-refractivity contribution in [1.82, 2.24) is 5.32 Å². The minimum absolute atomic E-state index is 0.182. The summed E-state index contributed by atoms with van der Waals surface area (Å²) in [5.41, 5.74) is 0.535. The molecule has 1 N–H and O–H groups in total. The molecule has 90 valence electrons. The van der Waals surface area contributed by atoms with Gasteiger partial charge in [0.05, 0.1) is 11.6 Å². The molecule has 1 amide bonds. The number of carbonyl (C=O) groups is 1. The monoisotopic (exact) mass is 311 g/mol. The number of carbonyl (C=O) groups excluding carboxylic acids is 1. The molecule has 0 spiro atoms. The van der Waals surface area contributed by atoms with Crippen LogP contribution in [0.4, 0.5) is 0 Å². The van der Waals surface area contributed by atoms with Crippen LogP contribution in [0.5, 0.6) is 0 Å². The van der Waals surface area contributed by atoms with Gasteiger partial charge in [0.2, 0.25) is 0 Å². The summed E-state index contributed by atoms with van der Waals surface area (Å²) in [6, 6.07) is 5.09. The van der Waals surface area contributed by atoms with Gasteiger partial charge in [-0.3, -0.25) is 4.79 Å². The van der Waals surface area contributed by atoms with Crippen molar-refractivity contribution < 1.29 is 4.79 Å². The zero-order valence-corrected chi connectivity index (χ0v) is 12.0. The highest BCUT2D eigenvalue weighted by Gasteiger charge is 2.13. The van der Waals surface area contributed by atoms with E-state index in [1.54, 1.807) is 18.2 Å². The highest BCUT2D eigenvalue weighted by molar-refractivity contribution is 9.10. The van der Waals surface area contributed by atoms with Crippen molar-refractivity contribution in [2.75, 3.05) is 0 Å². The SMILES string of the molecule is C#CC(CCC)NC(=O)c1ccc(Br)cc1S. The normalized spacial score (nSPS) is 11.6. The van der Waals surface area contributed by atoms with Gasteiger partial charge in [-0.1, -0.05) is 35.2 Å². The van der Waals surface area contributed by atoms with Gasteiger partial charge in [-0.05, 0) is 24.6 Å². The average molecular weight is 312 g/mol. The number of halogens is 1. The Hall–Kier alpha value is -0.920. The van der Waals surface area contributed by atoms with Crippen LogP contribution < -0.4 is 5.32 Å². The second-order valence-electron chi connectivity index (χ2n) is 3.64. The Bertz CT molecular complexity index is 453. The maximum Gasteiger partial charge on any atom is 0.253 e. The Morgan fingerprint density at radius 1 is 1.65 bits per heavy atom. The third-order valence-electron chi connectivity index (χ3n) is 2.29. The molecule has 0 heterocycles. The first-order chi connectivity index (χ1) is 8.08. The summed E-state index contributed by atoms with van der Waals surface area (Å²) in [4.78, 5) is 12.6. The van der Waals surface area contributed by atoms with Gasteiger partial charge in [-0.15, -0.1) is 19.1 Å². The molecule has 1 rings (SSSR count). The van der Waals surface area contributed by atoms with Crippen molar-refractivity contribution in [3.8, 4) is 12.3 Å². The predicted octanol–water partition coefficient (Wildman–Crippen LogP) is 3.27. The maximum atomic E-state index is 12.0. The van der Waals surface area contributed by atoms with Gasteiger partial charge in [0.25, 0.3) is 5.91 Å². The molecular formula is C13H14BrNOS. The first-order valence-corrected chi connectivity index (χ1v) is 6.58. The summed E-state index contributed by atoms with van der Waals surface area (Å²) < 4.78 is 0.890. The number of hydrogen-bond acceptors (Lipinski definition) is 2. The van der Waals surface area contributed by atoms with E-state index >= 15 is 0 Å². The summed E-state index contributed by atoms with van der Waals surface area (Å²) in [5.74, 6) is 2.39. The number of thiol groups is 1. The zero-order valence-electron chi connectivity index (χ0n) is 9.53. The Balaban J connectivity index is 2.79. The molecule has 0 bridgehead atoms. The van der Waals surface area contributed by atoms with Crippen LogP contribution in [0, 0.1) is 12.3 Å². The van der Waals surface area contributed by atoms with Gasteiger partial charge in [0, 0.05) is 9.37 Å². The molecule has 0 radical (unpaired) electrons. The van der Waals surface area contributed by atoms with Crippen LogP contribution in [0.1, 0.15) is 30.1 Å². The standard InChI is InChI=1S/C13H14BrNOS/c1-3-5-10(4-2)15-13(16)11-7-6-9(14)8-12(11)17/h2,6-8,10,17H,3,5H2,1H3,(H,15,16). The van der Waals surface area contributed by atoms with E-state index in [0.29, 0.717) is 10.5 Å². The Kier molecular flexibility index (Phi) is 5.60. The molecule has 1 unspecified atom stereocenters. The van der Waals surface area contributed by atoms with E-state index in [1.165, 1.54) is 0 Å². The predicted molar refractivity (Wildman–Crippen MR) is 76.4 cm³/mol. The maximum absolute atomic E-state index is 12.0. The molecule has 0 aromatic heterocycles. The lowest BCUT2D eigenvalue weighted by molar-refractivity contribution is 0.0941. The summed E-state index contributed by atoms with van der Waals surface area (Å²) in [5, 5.41) is 2.80. The lowest BCUT2D eigenvalue weighted by Gasteiger charge is -2.13. The van der Waals surface area contributed by atoms with Crippen molar-refractivity contribution in [2.24, 2.45) is 0 Å². The van der Waals surface area contributed by atoms with E-state index in [2.05, 4.69) is 39.8 Å². The van der Waals surface area contributed by atoms with Crippen LogP contribution in [-0.4, -0.2) is 11.9 Å². The summed E-state index contributed by atoms with van der Waals surface area (Å²) in [6.45, 7) is 2.03. The molecule has 1 atom stereocenters. The van der Waals surface area contributed by atoms with Crippen LogP contribution in [0.15, 0.2) is 27.6 Å². The first-order valence-electron chi connectivity index (χ1n) is 5.34. The number of nitrogens with one attached hydrogen (secondary N) is 1. The van der Waals surface area contributed by atoms with Crippen LogP contribution in [0.25, 0.3) is 0 Å². The van der Waals surface area contributed by atoms with Gasteiger partial charge < -0.3 is 5.32 Å². The number of amides is 1. The third kappa shape index (κ3) is 4.10. The molecule has 0 aliphatic rings. The van der Waals surface area contributed by atoms with E-state index in [-0.39, 0.29) is 11.9 Å². The van der Waals surface area contributed by atoms with E-state index in [1.807, 2.05) is 6.92 Å². The smallest absolute Gasteiger partial charge is 0.253 e. The van der Waals surface area contributed by atoms with Gasteiger partial charge in [0.15, 0.2) is 0 Å². The van der Waals surface area contributed by atoms with Crippen molar-refractivity contribution in [2.45, 2.75) is 30.7 Å². The molecule has 0 aliphatic heterocycles. The summed E-state index contributed by atoms with van der Waals surface area (Å²) >= 11 is 7.59. The Morgan fingerprint density at radius 3 is 2.88 bits per heavy atom. The quantitative estimate of drug-likeness (QED) is 0.648. The third-order valence-corrected chi connectivity index (χ3v) is 3.15. The van der Waals surface area contributed by atoms with Crippen LogP contribution in [-0.2, 0) is 0 Å². The molecule has 1 aromatic carbocycles. The molecule has 1 aromatic rings. The van der Waals surface area contributed by atoms with Crippen LogP contribution in [0.3, 0.4) is 0 Å². The molecule has 0 saturated carbocycles. The average Bonchev–Trinajstić information content (AvgIpc) is 2.28. The van der Waals surface area contributed by atoms with E-state index in [9.17, 15) is 4.79 Å². The lowest BCUT2D eigenvalue weighted by Crippen LogP contribution is -2.33. The lowest BCUT2D eigenvalue weighted by atomic mass is 10.1. The molecule has 4 heteroatoms. The van der Waals surface area contributed by atoms with E-state index in [4.69, 9.17) is 6.42 Å². The minimum atomic E-state index is -0.219. The number of terminal acetylenes is 1. The second kappa shape index (κ2) is 6.73. The van der Waals surface area contributed by atoms with Crippen molar-refractivity contribution >= 4 is 34.5 Å². The van der Waals surface area contributed by atoms with Crippen LogP contribution in [0.2, 0.25) is 0 Å². The highest BCUT2D eigenvalue weighted by atomic mass is 79.9.